The summed E-state index contributed by atoms with van der Waals surface area (Å²) in [4.78, 5) is 10.6. The fraction of sp³-hybridized carbons (Fsp3) is 0.889. The number of halogens is 3. The Bertz CT molecular complexity index is 232. The third-order valence-corrected chi connectivity index (χ3v) is 3.61. The monoisotopic (exact) mass is 241 g/mol. The minimum atomic E-state index is -4.75. The number of amides is 1. The topological polar surface area (TPSA) is 29.1 Å². The van der Waals surface area contributed by atoms with E-state index in [0.717, 1.165) is 12.2 Å². The Morgan fingerprint density at radius 1 is 1.47 bits per heavy atom. The zero-order valence-electron chi connectivity index (χ0n) is 8.43. The summed E-state index contributed by atoms with van der Waals surface area (Å²) in [5.74, 6) is -0.848. The standard InChI is InChI=1S/C9H14F3NOS/c1-2-15-7-4-3-6(5-7)13-8(14)9(10,11)12/h6-7H,2-5H2,1H3,(H,13,14). The van der Waals surface area contributed by atoms with E-state index in [0.29, 0.717) is 18.1 Å². The fourth-order valence-corrected chi connectivity index (χ4v) is 2.87. The molecule has 0 aliphatic heterocycles. The average Bonchev–Trinajstić information content (AvgIpc) is 2.51. The van der Waals surface area contributed by atoms with Gasteiger partial charge in [-0.1, -0.05) is 6.92 Å². The summed E-state index contributed by atoms with van der Waals surface area (Å²) < 4.78 is 35.8. The molecular weight excluding hydrogens is 227 g/mol. The van der Waals surface area contributed by atoms with Gasteiger partial charge in [-0.2, -0.15) is 24.9 Å². The molecule has 1 amide bonds. The van der Waals surface area contributed by atoms with Crippen LogP contribution in [-0.2, 0) is 4.79 Å². The Morgan fingerprint density at radius 2 is 2.13 bits per heavy atom. The van der Waals surface area contributed by atoms with E-state index in [4.69, 9.17) is 0 Å². The molecule has 1 fully saturated rings. The van der Waals surface area contributed by atoms with Crippen LogP contribution >= 0.6 is 11.8 Å². The molecule has 1 saturated carbocycles. The molecular formula is C9H14F3NOS. The Hall–Kier alpha value is -0.390. The minimum Gasteiger partial charge on any atom is -0.346 e. The van der Waals surface area contributed by atoms with Crippen molar-refractivity contribution in [1.29, 1.82) is 0 Å². The zero-order valence-corrected chi connectivity index (χ0v) is 9.25. The van der Waals surface area contributed by atoms with Gasteiger partial charge in [0.2, 0.25) is 0 Å². The van der Waals surface area contributed by atoms with Crippen LogP contribution in [0, 0.1) is 0 Å². The first kappa shape index (κ1) is 12.7. The van der Waals surface area contributed by atoms with Crippen molar-refractivity contribution in [1.82, 2.24) is 5.32 Å². The molecule has 0 heterocycles. The highest BCUT2D eigenvalue weighted by atomic mass is 32.2. The van der Waals surface area contributed by atoms with E-state index in [1.807, 2.05) is 12.2 Å². The summed E-state index contributed by atoms with van der Waals surface area (Å²) in [7, 11) is 0. The van der Waals surface area contributed by atoms with Crippen LogP contribution in [0.1, 0.15) is 26.2 Å². The lowest BCUT2D eigenvalue weighted by atomic mass is 10.2. The highest BCUT2D eigenvalue weighted by Gasteiger charge is 2.40. The molecule has 1 N–H and O–H groups in total. The predicted molar refractivity (Wildman–Crippen MR) is 53.8 cm³/mol. The van der Waals surface area contributed by atoms with E-state index < -0.39 is 12.1 Å². The van der Waals surface area contributed by atoms with Gasteiger partial charge in [-0.25, -0.2) is 0 Å². The van der Waals surface area contributed by atoms with Gasteiger partial charge in [0.15, 0.2) is 0 Å². The number of rotatable bonds is 3. The normalized spacial score (nSPS) is 26.7. The molecule has 88 valence electrons. The average molecular weight is 241 g/mol. The Labute approximate surface area is 91.0 Å². The maximum Gasteiger partial charge on any atom is 0.471 e. The molecule has 6 heteroatoms. The predicted octanol–water partition coefficient (Wildman–Crippen LogP) is 2.34. The van der Waals surface area contributed by atoms with Crippen LogP contribution in [-0.4, -0.2) is 29.1 Å². The van der Waals surface area contributed by atoms with Crippen molar-refractivity contribution in [3.8, 4) is 0 Å². The van der Waals surface area contributed by atoms with E-state index in [-0.39, 0.29) is 6.04 Å². The molecule has 0 bridgehead atoms. The van der Waals surface area contributed by atoms with Crippen LogP contribution in [0.5, 0.6) is 0 Å². The molecule has 1 aliphatic carbocycles. The zero-order chi connectivity index (χ0) is 11.5. The first-order valence-electron chi connectivity index (χ1n) is 4.92. The number of carbonyl (C=O) groups excluding carboxylic acids is 1. The van der Waals surface area contributed by atoms with Crippen molar-refractivity contribution in [2.45, 2.75) is 43.7 Å². The number of hydrogen-bond donors (Lipinski definition) is 1. The lowest BCUT2D eigenvalue weighted by Crippen LogP contribution is -2.42. The lowest BCUT2D eigenvalue weighted by molar-refractivity contribution is -0.174. The molecule has 0 spiro atoms. The quantitative estimate of drug-likeness (QED) is 0.821. The van der Waals surface area contributed by atoms with E-state index in [1.54, 1.807) is 11.8 Å². The van der Waals surface area contributed by atoms with Crippen molar-refractivity contribution in [3.05, 3.63) is 0 Å². The molecule has 0 aromatic heterocycles. The largest absolute Gasteiger partial charge is 0.471 e. The smallest absolute Gasteiger partial charge is 0.346 e. The summed E-state index contributed by atoms with van der Waals surface area (Å²) in [5, 5.41) is 2.43. The first-order valence-corrected chi connectivity index (χ1v) is 5.97. The number of alkyl halides is 3. The summed E-state index contributed by atoms with van der Waals surface area (Å²) in [6, 6.07) is -0.303. The van der Waals surface area contributed by atoms with Crippen LogP contribution in [0.3, 0.4) is 0 Å². The Balaban J connectivity index is 2.33. The van der Waals surface area contributed by atoms with Crippen molar-refractivity contribution >= 4 is 17.7 Å². The van der Waals surface area contributed by atoms with Crippen LogP contribution in [0.25, 0.3) is 0 Å². The van der Waals surface area contributed by atoms with Gasteiger partial charge < -0.3 is 5.32 Å². The molecule has 1 rings (SSSR count). The van der Waals surface area contributed by atoms with Crippen LogP contribution < -0.4 is 5.32 Å². The summed E-state index contributed by atoms with van der Waals surface area (Å²) in [5.41, 5.74) is 0. The molecule has 0 aromatic carbocycles. The second-order valence-corrected chi connectivity index (χ2v) is 5.14. The summed E-state index contributed by atoms with van der Waals surface area (Å²) >= 11 is 1.74. The Kier molecular flexibility index (Phi) is 4.31. The van der Waals surface area contributed by atoms with Gasteiger partial charge in [-0.15, -0.1) is 0 Å². The van der Waals surface area contributed by atoms with E-state index >= 15 is 0 Å². The van der Waals surface area contributed by atoms with Gasteiger partial charge in [0, 0.05) is 11.3 Å². The number of hydrogen-bond acceptors (Lipinski definition) is 2. The maximum atomic E-state index is 11.9. The highest BCUT2D eigenvalue weighted by Crippen LogP contribution is 2.30. The third kappa shape index (κ3) is 3.93. The van der Waals surface area contributed by atoms with Crippen LogP contribution in [0.2, 0.25) is 0 Å². The molecule has 15 heavy (non-hydrogen) atoms. The minimum absolute atomic E-state index is 0.303. The van der Waals surface area contributed by atoms with Crippen LogP contribution in [0.15, 0.2) is 0 Å². The second kappa shape index (κ2) is 5.09. The van der Waals surface area contributed by atoms with Crippen molar-refractivity contribution < 1.29 is 18.0 Å². The van der Waals surface area contributed by atoms with Gasteiger partial charge in [0.05, 0.1) is 0 Å². The molecule has 0 radical (unpaired) electrons. The number of carbonyl (C=O) groups is 1. The maximum absolute atomic E-state index is 11.9. The fourth-order valence-electron chi connectivity index (χ4n) is 1.73. The van der Waals surface area contributed by atoms with E-state index in [1.165, 1.54) is 0 Å². The van der Waals surface area contributed by atoms with Crippen molar-refractivity contribution in [3.63, 3.8) is 0 Å². The summed E-state index contributed by atoms with van der Waals surface area (Å²) in [6.45, 7) is 2.02. The molecule has 2 unspecified atom stereocenters. The van der Waals surface area contributed by atoms with Gasteiger partial charge in [-0.05, 0) is 25.0 Å². The van der Waals surface area contributed by atoms with Crippen molar-refractivity contribution in [2.75, 3.05) is 5.75 Å². The molecule has 1 aliphatic rings. The van der Waals surface area contributed by atoms with E-state index in [2.05, 4.69) is 0 Å². The highest BCUT2D eigenvalue weighted by molar-refractivity contribution is 7.99. The Morgan fingerprint density at radius 3 is 2.67 bits per heavy atom. The molecule has 0 aromatic rings. The lowest BCUT2D eigenvalue weighted by Gasteiger charge is -2.14. The van der Waals surface area contributed by atoms with Gasteiger partial charge in [0.1, 0.15) is 0 Å². The molecule has 2 nitrogen and oxygen atoms in total. The first-order chi connectivity index (χ1) is 6.93. The van der Waals surface area contributed by atoms with Gasteiger partial charge >= 0.3 is 12.1 Å². The van der Waals surface area contributed by atoms with Gasteiger partial charge in [-0.3, -0.25) is 4.79 Å². The summed E-state index contributed by atoms with van der Waals surface area (Å²) in [6.07, 6.45) is -2.56. The van der Waals surface area contributed by atoms with Gasteiger partial charge in [0.25, 0.3) is 0 Å². The number of thioether (sulfide) groups is 1. The SMILES string of the molecule is CCSC1CCC(NC(=O)C(F)(F)F)C1. The van der Waals surface area contributed by atoms with Crippen molar-refractivity contribution in [2.24, 2.45) is 0 Å². The third-order valence-electron chi connectivity index (χ3n) is 2.38. The second-order valence-electron chi connectivity index (χ2n) is 3.56. The number of nitrogens with one attached hydrogen (secondary N) is 1. The van der Waals surface area contributed by atoms with Crippen LogP contribution in [0.4, 0.5) is 13.2 Å². The van der Waals surface area contributed by atoms with E-state index in [9.17, 15) is 18.0 Å². The molecule has 0 saturated heterocycles. The molecule has 2 atom stereocenters.